The zero-order valence-corrected chi connectivity index (χ0v) is 23.0. The number of fused-ring (bicyclic) bond motifs is 1. The van der Waals surface area contributed by atoms with Gasteiger partial charge >= 0.3 is 0 Å². The lowest BCUT2D eigenvalue weighted by atomic mass is 9.83. The van der Waals surface area contributed by atoms with Crippen LogP contribution in [0.5, 0.6) is 5.75 Å². The fourth-order valence-electron chi connectivity index (χ4n) is 5.82. The van der Waals surface area contributed by atoms with E-state index in [0.717, 1.165) is 92.0 Å². The number of hydrogen-bond donors (Lipinski definition) is 0. The van der Waals surface area contributed by atoms with Crippen molar-refractivity contribution in [3.8, 4) is 5.75 Å². The van der Waals surface area contributed by atoms with Gasteiger partial charge in [0.2, 0.25) is 0 Å². The number of piperazine rings is 1. The highest BCUT2D eigenvalue weighted by Gasteiger charge is 2.40. The number of nitrogens with zero attached hydrogens (tertiary/aromatic N) is 8. The van der Waals surface area contributed by atoms with Crippen molar-refractivity contribution in [3.63, 3.8) is 0 Å². The second kappa shape index (κ2) is 10.3. The Hall–Kier alpha value is -3.95. The van der Waals surface area contributed by atoms with Crippen molar-refractivity contribution in [2.75, 3.05) is 55.7 Å². The monoisotopic (exact) mass is 528 g/mol. The normalized spacial score (nSPS) is 18.6. The second-order valence-corrected chi connectivity index (χ2v) is 11.1. The zero-order valence-electron chi connectivity index (χ0n) is 23.0. The summed E-state index contributed by atoms with van der Waals surface area (Å²) >= 11 is 0. The molecular weight excluding hydrogens is 492 g/mol. The molecular formula is C29H36N8O2. The molecule has 0 aliphatic carbocycles. The smallest absolute Gasteiger partial charge is 0.260 e. The number of aromatic nitrogens is 4. The number of benzene rings is 1. The molecule has 10 nitrogen and oxygen atoms in total. The molecule has 5 heterocycles. The molecule has 204 valence electrons. The van der Waals surface area contributed by atoms with Crippen LogP contribution >= 0.6 is 0 Å². The van der Waals surface area contributed by atoms with Crippen molar-refractivity contribution < 1.29 is 9.53 Å². The van der Waals surface area contributed by atoms with Gasteiger partial charge in [0.1, 0.15) is 17.8 Å². The Morgan fingerprint density at radius 2 is 1.77 bits per heavy atom. The Kier molecular flexibility index (Phi) is 6.70. The lowest BCUT2D eigenvalue weighted by Crippen LogP contribution is -2.47. The Labute approximate surface area is 229 Å². The predicted molar refractivity (Wildman–Crippen MR) is 151 cm³/mol. The summed E-state index contributed by atoms with van der Waals surface area (Å²) in [6.45, 7) is 9.43. The lowest BCUT2D eigenvalue weighted by molar-refractivity contribution is -0.134. The van der Waals surface area contributed by atoms with E-state index in [2.05, 4.69) is 44.8 Å². The number of piperidine rings is 1. The van der Waals surface area contributed by atoms with Crippen LogP contribution in [0.2, 0.25) is 0 Å². The first-order valence-electron chi connectivity index (χ1n) is 13.8. The van der Waals surface area contributed by atoms with Crippen molar-refractivity contribution in [1.29, 1.82) is 0 Å². The highest BCUT2D eigenvalue weighted by atomic mass is 16.5. The number of rotatable bonds is 6. The molecule has 0 spiro atoms. The largest absolute Gasteiger partial charge is 0.484 e. The third-order valence-electron chi connectivity index (χ3n) is 8.02. The minimum absolute atomic E-state index is 0.0728. The second-order valence-electron chi connectivity index (χ2n) is 11.1. The topological polar surface area (TPSA) is 92.0 Å². The first-order valence-corrected chi connectivity index (χ1v) is 13.8. The summed E-state index contributed by atoms with van der Waals surface area (Å²) in [7, 11) is 1.92. The van der Waals surface area contributed by atoms with Crippen molar-refractivity contribution in [3.05, 3.63) is 54.2 Å². The van der Waals surface area contributed by atoms with Crippen molar-refractivity contribution in [1.82, 2.24) is 24.6 Å². The molecule has 2 fully saturated rings. The molecule has 0 saturated carbocycles. The van der Waals surface area contributed by atoms with E-state index < -0.39 is 0 Å². The molecule has 1 amide bonds. The number of carbonyl (C=O) groups is 1. The van der Waals surface area contributed by atoms with Gasteiger partial charge in [0.15, 0.2) is 12.4 Å². The fraction of sp³-hybridized carbons (Fsp3) is 0.483. The summed E-state index contributed by atoms with van der Waals surface area (Å²) < 4.78 is 7.70. The summed E-state index contributed by atoms with van der Waals surface area (Å²) in [5.74, 6) is 1.69. The average molecular weight is 529 g/mol. The Morgan fingerprint density at radius 3 is 2.51 bits per heavy atom. The number of carbonyl (C=O) groups excluding carboxylic acids is 1. The highest BCUT2D eigenvalue weighted by Crippen LogP contribution is 2.44. The molecule has 0 radical (unpaired) electrons. The highest BCUT2D eigenvalue weighted by molar-refractivity contribution is 6.12. The number of hydrogen-bond acceptors (Lipinski definition) is 8. The Bertz CT molecular complexity index is 1380. The van der Waals surface area contributed by atoms with Gasteiger partial charge in [-0.1, -0.05) is 6.07 Å². The Morgan fingerprint density at radius 1 is 1.00 bits per heavy atom. The van der Waals surface area contributed by atoms with E-state index in [1.165, 1.54) is 6.42 Å². The van der Waals surface area contributed by atoms with E-state index in [1.54, 1.807) is 11.0 Å². The van der Waals surface area contributed by atoms with Gasteiger partial charge in [-0.15, -0.1) is 0 Å². The molecule has 0 bridgehead atoms. The Balaban J connectivity index is 1.12. The summed E-state index contributed by atoms with van der Waals surface area (Å²) in [4.78, 5) is 33.5. The third kappa shape index (κ3) is 4.95. The predicted octanol–water partition coefficient (Wildman–Crippen LogP) is 3.34. The number of likely N-dealkylation sites (tertiary alicyclic amines) is 1. The molecule has 3 aliphatic rings. The first kappa shape index (κ1) is 25.3. The molecule has 0 N–H and O–H groups in total. The standard InChI is InChI=1S/C29H36N8O2/c1-29(2)26(21-17-32-34(3)18-21)33-25-27(29)30-20-31-28(25)37-14-12-35(13-15-37)22-8-7-9-23(16-22)39-19-24(38)36-10-5-4-6-11-36/h7-9,16-18,20H,4-6,10-15,19H2,1-3H3. The number of amides is 1. The molecule has 3 aliphatic heterocycles. The summed E-state index contributed by atoms with van der Waals surface area (Å²) in [5, 5.41) is 4.34. The van der Waals surface area contributed by atoms with Gasteiger partial charge in [-0.05, 0) is 45.2 Å². The van der Waals surface area contributed by atoms with Crippen molar-refractivity contribution >= 4 is 28.8 Å². The van der Waals surface area contributed by atoms with E-state index in [1.807, 2.05) is 42.5 Å². The quantitative estimate of drug-likeness (QED) is 0.485. The van der Waals surface area contributed by atoms with E-state index in [9.17, 15) is 4.79 Å². The zero-order chi connectivity index (χ0) is 27.0. The van der Waals surface area contributed by atoms with Gasteiger partial charge in [0.25, 0.3) is 5.91 Å². The molecule has 0 unspecified atom stereocenters. The van der Waals surface area contributed by atoms with Crippen LogP contribution in [-0.4, -0.2) is 82.1 Å². The van der Waals surface area contributed by atoms with Crippen LogP contribution in [0.15, 0.2) is 48.0 Å². The van der Waals surface area contributed by atoms with Crippen LogP contribution in [0.25, 0.3) is 0 Å². The number of anilines is 2. The maximum atomic E-state index is 12.5. The van der Waals surface area contributed by atoms with E-state index in [-0.39, 0.29) is 17.9 Å². The molecule has 1 aromatic carbocycles. The van der Waals surface area contributed by atoms with Crippen LogP contribution < -0.4 is 14.5 Å². The minimum Gasteiger partial charge on any atom is -0.484 e. The molecule has 39 heavy (non-hydrogen) atoms. The maximum absolute atomic E-state index is 12.5. The van der Waals surface area contributed by atoms with Crippen LogP contribution in [-0.2, 0) is 17.3 Å². The molecule has 0 atom stereocenters. The number of ether oxygens (including phenoxy) is 1. The van der Waals surface area contributed by atoms with Crippen LogP contribution in [0.1, 0.15) is 44.4 Å². The molecule has 10 heteroatoms. The molecule has 3 aromatic rings. The summed E-state index contributed by atoms with van der Waals surface area (Å²) in [6.07, 6.45) is 8.90. The van der Waals surface area contributed by atoms with Gasteiger partial charge in [-0.25, -0.2) is 15.0 Å². The van der Waals surface area contributed by atoms with E-state index in [4.69, 9.17) is 9.73 Å². The first-order chi connectivity index (χ1) is 18.9. The van der Waals surface area contributed by atoms with Gasteiger partial charge < -0.3 is 19.4 Å². The van der Waals surface area contributed by atoms with Gasteiger partial charge in [0, 0.05) is 69.8 Å². The maximum Gasteiger partial charge on any atom is 0.260 e. The third-order valence-corrected chi connectivity index (χ3v) is 8.02. The SMILES string of the molecule is Cn1cc(C2=Nc3c(N4CCN(c5cccc(OCC(=O)N6CCCCC6)c5)CC4)ncnc3C2(C)C)cn1. The fourth-order valence-corrected chi connectivity index (χ4v) is 5.82. The van der Waals surface area contributed by atoms with E-state index in [0.29, 0.717) is 0 Å². The summed E-state index contributed by atoms with van der Waals surface area (Å²) in [6, 6.07) is 8.06. The van der Waals surface area contributed by atoms with Gasteiger partial charge in [-0.2, -0.15) is 5.10 Å². The minimum atomic E-state index is -0.326. The summed E-state index contributed by atoms with van der Waals surface area (Å²) in [5.41, 5.74) is 4.58. The number of aryl methyl sites for hydroxylation is 1. The van der Waals surface area contributed by atoms with Gasteiger partial charge in [-0.3, -0.25) is 9.48 Å². The van der Waals surface area contributed by atoms with E-state index >= 15 is 0 Å². The molecule has 2 saturated heterocycles. The van der Waals surface area contributed by atoms with Gasteiger partial charge in [0.05, 0.1) is 23.0 Å². The molecule has 6 rings (SSSR count). The van der Waals surface area contributed by atoms with Crippen LogP contribution in [0, 0.1) is 0 Å². The van der Waals surface area contributed by atoms with Crippen molar-refractivity contribution in [2.45, 2.75) is 38.5 Å². The van der Waals surface area contributed by atoms with Crippen LogP contribution in [0.4, 0.5) is 17.2 Å². The van der Waals surface area contributed by atoms with Crippen LogP contribution in [0.3, 0.4) is 0 Å². The average Bonchev–Trinajstić information content (AvgIpc) is 3.52. The number of aliphatic imine (C=N–C) groups is 1. The molecule has 2 aromatic heterocycles. The van der Waals surface area contributed by atoms with Crippen molar-refractivity contribution in [2.24, 2.45) is 12.0 Å². The lowest BCUT2D eigenvalue weighted by Gasteiger charge is -2.37.